The number of hydrogen-bond donors (Lipinski definition) is 0. The standard InChI is InChI=1S/C7H13N5/c1-2-12-7(8-9-10-12)6-11-4-3-5-11/h2-6H2,1H3. The van der Waals surface area contributed by atoms with Gasteiger partial charge in [0.25, 0.3) is 0 Å². The van der Waals surface area contributed by atoms with Crippen molar-refractivity contribution in [1.29, 1.82) is 0 Å². The molecule has 5 heteroatoms. The summed E-state index contributed by atoms with van der Waals surface area (Å²) in [6.07, 6.45) is 1.31. The first-order valence-corrected chi connectivity index (χ1v) is 4.37. The first kappa shape index (κ1) is 7.67. The summed E-state index contributed by atoms with van der Waals surface area (Å²) in [4.78, 5) is 2.35. The lowest BCUT2D eigenvalue weighted by Gasteiger charge is -2.29. The van der Waals surface area contributed by atoms with Gasteiger partial charge in [-0.1, -0.05) is 0 Å². The van der Waals surface area contributed by atoms with Crippen LogP contribution in [-0.4, -0.2) is 38.2 Å². The average molecular weight is 167 g/mol. The Labute approximate surface area is 71.4 Å². The molecule has 2 heterocycles. The van der Waals surface area contributed by atoms with Crippen molar-refractivity contribution in [2.45, 2.75) is 26.4 Å². The zero-order chi connectivity index (χ0) is 8.39. The van der Waals surface area contributed by atoms with Gasteiger partial charge in [-0.05, 0) is 36.9 Å². The highest BCUT2D eigenvalue weighted by atomic mass is 15.5. The van der Waals surface area contributed by atoms with Crippen LogP contribution in [0.3, 0.4) is 0 Å². The van der Waals surface area contributed by atoms with Crippen molar-refractivity contribution in [2.75, 3.05) is 13.1 Å². The molecule has 0 saturated carbocycles. The second-order valence-electron chi connectivity index (χ2n) is 3.04. The molecule has 0 aliphatic carbocycles. The topological polar surface area (TPSA) is 46.8 Å². The normalized spacial score (nSPS) is 17.8. The van der Waals surface area contributed by atoms with Gasteiger partial charge in [-0.25, -0.2) is 4.68 Å². The highest BCUT2D eigenvalue weighted by Crippen LogP contribution is 2.09. The van der Waals surface area contributed by atoms with Gasteiger partial charge in [-0.15, -0.1) is 5.10 Å². The van der Waals surface area contributed by atoms with Gasteiger partial charge in [0, 0.05) is 6.54 Å². The molecule has 0 spiro atoms. The summed E-state index contributed by atoms with van der Waals surface area (Å²) in [6.45, 7) is 6.19. The molecule has 1 aliphatic rings. The van der Waals surface area contributed by atoms with E-state index in [4.69, 9.17) is 0 Å². The maximum atomic E-state index is 3.97. The Morgan fingerprint density at radius 1 is 1.42 bits per heavy atom. The molecule has 2 rings (SSSR count). The number of tetrazole rings is 1. The van der Waals surface area contributed by atoms with Crippen LogP contribution in [-0.2, 0) is 13.1 Å². The third-order valence-electron chi connectivity index (χ3n) is 2.22. The number of hydrogen-bond acceptors (Lipinski definition) is 4. The molecular weight excluding hydrogens is 154 g/mol. The molecule has 66 valence electrons. The Balaban J connectivity index is 2.00. The number of aromatic nitrogens is 4. The molecule has 0 unspecified atom stereocenters. The second-order valence-corrected chi connectivity index (χ2v) is 3.04. The molecule has 0 aromatic carbocycles. The van der Waals surface area contributed by atoms with E-state index in [2.05, 4.69) is 27.3 Å². The highest BCUT2D eigenvalue weighted by molar-refractivity contribution is 4.83. The van der Waals surface area contributed by atoms with Crippen LogP contribution in [0.5, 0.6) is 0 Å². The van der Waals surface area contributed by atoms with Gasteiger partial charge in [0.2, 0.25) is 0 Å². The number of aryl methyl sites for hydroxylation is 1. The van der Waals surface area contributed by atoms with Crippen molar-refractivity contribution in [3.8, 4) is 0 Å². The first-order chi connectivity index (χ1) is 5.90. The van der Waals surface area contributed by atoms with E-state index in [9.17, 15) is 0 Å². The maximum Gasteiger partial charge on any atom is 0.165 e. The van der Waals surface area contributed by atoms with Crippen molar-refractivity contribution < 1.29 is 0 Å². The van der Waals surface area contributed by atoms with Crippen LogP contribution < -0.4 is 0 Å². The second kappa shape index (κ2) is 3.18. The molecule has 0 N–H and O–H groups in total. The monoisotopic (exact) mass is 167 g/mol. The SMILES string of the molecule is CCn1nnnc1CN1CCC1. The summed E-state index contributed by atoms with van der Waals surface area (Å²) in [5, 5.41) is 11.5. The summed E-state index contributed by atoms with van der Waals surface area (Å²) in [5.41, 5.74) is 0. The lowest BCUT2D eigenvalue weighted by molar-refractivity contribution is 0.165. The minimum absolute atomic E-state index is 0.857. The molecule has 0 atom stereocenters. The summed E-state index contributed by atoms with van der Waals surface area (Å²) < 4.78 is 1.85. The minimum atomic E-state index is 0.857. The summed E-state index contributed by atoms with van der Waals surface area (Å²) >= 11 is 0. The fourth-order valence-electron chi connectivity index (χ4n) is 1.32. The van der Waals surface area contributed by atoms with Crippen molar-refractivity contribution in [3.63, 3.8) is 0 Å². The van der Waals surface area contributed by atoms with E-state index in [1.54, 1.807) is 0 Å². The van der Waals surface area contributed by atoms with Gasteiger partial charge >= 0.3 is 0 Å². The Hall–Kier alpha value is -0.970. The quantitative estimate of drug-likeness (QED) is 0.630. The van der Waals surface area contributed by atoms with Crippen LogP contribution >= 0.6 is 0 Å². The van der Waals surface area contributed by atoms with E-state index >= 15 is 0 Å². The van der Waals surface area contributed by atoms with Gasteiger partial charge in [0.1, 0.15) is 0 Å². The fraction of sp³-hybridized carbons (Fsp3) is 0.857. The lowest BCUT2D eigenvalue weighted by atomic mass is 10.2. The third kappa shape index (κ3) is 1.32. The van der Waals surface area contributed by atoms with Crippen molar-refractivity contribution in [3.05, 3.63) is 5.82 Å². The fourth-order valence-corrected chi connectivity index (χ4v) is 1.32. The Kier molecular flexibility index (Phi) is 2.03. The molecule has 1 fully saturated rings. The summed E-state index contributed by atoms with van der Waals surface area (Å²) in [5.74, 6) is 0.984. The highest BCUT2D eigenvalue weighted by Gasteiger charge is 2.16. The summed E-state index contributed by atoms with van der Waals surface area (Å²) in [6, 6.07) is 0. The van der Waals surface area contributed by atoms with E-state index in [1.807, 2.05) is 4.68 Å². The molecule has 1 saturated heterocycles. The number of likely N-dealkylation sites (tertiary alicyclic amines) is 1. The Morgan fingerprint density at radius 2 is 2.25 bits per heavy atom. The van der Waals surface area contributed by atoms with Crippen LogP contribution in [0, 0.1) is 0 Å². The smallest absolute Gasteiger partial charge is 0.165 e. The van der Waals surface area contributed by atoms with Crippen LogP contribution in [0.15, 0.2) is 0 Å². The molecule has 0 amide bonds. The molecular formula is C7H13N5. The predicted molar refractivity (Wildman–Crippen MR) is 43.4 cm³/mol. The summed E-state index contributed by atoms with van der Waals surface area (Å²) in [7, 11) is 0. The van der Waals surface area contributed by atoms with Crippen molar-refractivity contribution in [2.24, 2.45) is 0 Å². The third-order valence-corrected chi connectivity index (χ3v) is 2.22. The Morgan fingerprint density at radius 3 is 2.83 bits per heavy atom. The van der Waals surface area contributed by atoms with Gasteiger partial charge < -0.3 is 0 Å². The molecule has 0 radical (unpaired) electrons. The molecule has 1 aromatic rings. The zero-order valence-electron chi connectivity index (χ0n) is 7.27. The largest absolute Gasteiger partial charge is 0.296 e. The number of rotatable bonds is 3. The van der Waals surface area contributed by atoms with Crippen LogP contribution in [0.25, 0.3) is 0 Å². The van der Waals surface area contributed by atoms with E-state index in [0.717, 1.165) is 18.9 Å². The Bertz CT molecular complexity index is 252. The molecule has 1 aromatic heterocycles. The van der Waals surface area contributed by atoms with Gasteiger partial charge in [0.15, 0.2) is 5.82 Å². The van der Waals surface area contributed by atoms with E-state index in [0.29, 0.717) is 0 Å². The molecule has 1 aliphatic heterocycles. The maximum absolute atomic E-state index is 3.97. The van der Waals surface area contributed by atoms with Crippen LogP contribution in [0.2, 0.25) is 0 Å². The number of nitrogens with zero attached hydrogens (tertiary/aromatic N) is 5. The van der Waals surface area contributed by atoms with E-state index in [-0.39, 0.29) is 0 Å². The van der Waals surface area contributed by atoms with Crippen LogP contribution in [0.4, 0.5) is 0 Å². The van der Waals surface area contributed by atoms with Crippen molar-refractivity contribution in [1.82, 2.24) is 25.1 Å². The molecule has 12 heavy (non-hydrogen) atoms. The minimum Gasteiger partial charge on any atom is -0.296 e. The average Bonchev–Trinajstić information content (AvgIpc) is 2.43. The van der Waals surface area contributed by atoms with Crippen LogP contribution in [0.1, 0.15) is 19.2 Å². The molecule has 0 bridgehead atoms. The predicted octanol–water partition coefficient (Wildman–Crippen LogP) is -0.101. The van der Waals surface area contributed by atoms with Crippen molar-refractivity contribution >= 4 is 0 Å². The molecule has 5 nitrogen and oxygen atoms in total. The van der Waals surface area contributed by atoms with Gasteiger partial charge in [-0.2, -0.15) is 0 Å². The van der Waals surface area contributed by atoms with Gasteiger partial charge in [0.05, 0.1) is 6.54 Å². The first-order valence-electron chi connectivity index (χ1n) is 4.37. The van der Waals surface area contributed by atoms with Gasteiger partial charge in [-0.3, -0.25) is 4.90 Å². The van der Waals surface area contributed by atoms with E-state index < -0.39 is 0 Å². The van der Waals surface area contributed by atoms with E-state index in [1.165, 1.54) is 19.5 Å². The zero-order valence-corrected chi connectivity index (χ0v) is 7.27. The lowest BCUT2D eigenvalue weighted by Crippen LogP contribution is -2.37.